The van der Waals surface area contributed by atoms with Gasteiger partial charge in [-0.3, -0.25) is 4.79 Å². The second-order valence-corrected chi connectivity index (χ2v) is 7.76. The molecule has 0 bridgehead atoms. The zero-order valence-corrected chi connectivity index (χ0v) is 19.9. The quantitative estimate of drug-likeness (QED) is 0.193. The molecule has 0 radical (unpaired) electrons. The fourth-order valence-corrected chi connectivity index (χ4v) is 4.01. The minimum absolute atomic E-state index is 0.190. The van der Waals surface area contributed by atoms with Crippen molar-refractivity contribution in [1.29, 1.82) is 0 Å². The molecule has 2 rings (SSSR count). The highest BCUT2D eigenvalue weighted by molar-refractivity contribution is 7.20. The lowest BCUT2D eigenvalue weighted by Gasteiger charge is -2.17. The Balaban J connectivity index is 0.00000249. The fraction of sp³-hybridized carbons (Fsp3) is 0.360. The molecule has 0 saturated heterocycles. The van der Waals surface area contributed by atoms with Crippen LogP contribution in [0.25, 0.3) is 16.3 Å². The molecule has 32 heavy (non-hydrogen) atoms. The third-order valence-corrected chi connectivity index (χ3v) is 5.71. The van der Waals surface area contributed by atoms with E-state index in [9.17, 15) is 4.79 Å². The average molecular weight is 456 g/mol. The first-order valence-corrected chi connectivity index (χ1v) is 11.2. The number of hydrogen-bond donors (Lipinski definition) is 2. The number of nitrogens with one attached hydrogen (secondary N) is 1. The number of hydrogen-bond acceptors (Lipinski definition) is 7. The van der Waals surface area contributed by atoms with Gasteiger partial charge in [0, 0.05) is 68.5 Å². The van der Waals surface area contributed by atoms with Gasteiger partial charge < -0.3 is 20.1 Å². The number of methoxy groups -OCH3 is 1. The summed E-state index contributed by atoms with van der Waals surface area (Å²) in [6.07, 6.45) is 23.2. The first kappa shape index (κ1) is 27.1. The minimum Gasteiger partial charge on any atom is -0.396 e. The maximum atomic E-state index is 11.7. The van der Waals surface area contributed by atoms with Gasteiger partial charge in [0.2, 0.25) is 0 Å². The van der Waals surface area contributed by atoms with Crippen LogP contribution in [-0.2, 0) is 4.74 Å². The summed E-state index contributed by atoms with van der Waals surface area (Å²) >= 11 is 1.40. The zero-order valence-electron chi connectivity index (χ0n) is 19.1. The molecule has 0 fully saturated rings. The van der Waals surface area contributed by atoms with Gasteiger partial charge in [-0.05, 0) is 31.9 Å². The fourth-order valence-electron chi connectivity index (χ4n) is 3.04. The summed E-state index contributed by atoms with van der Waals surface area (Å²) in [6.45, 7) is 3.56. The number of unbranched alkanes of at least 4 members (excludes halogenated alkanes) is 1. The van der Waals surface area contributed by atoms with Crippen LogP contribution in [0.5, 0.6) is 0 Å². The first-order valence-electron chi connectivity index (χ1n) is 10.4. The van der Waals surface area contributed by atoms with E-state index < -0.39 is 0 Å². The van der Waals surface area contributed by atoms with E-state index in [4.69, 9.17) is 9.84 Å². The summed E-state index contributed by atoms with van der Waals surface area (Å²) in [5.74, 6) is 0. The van der Waals surface area contributed by atoms with Crippen LogP contribution in [0.3, 0.4) is 0 Å². The molecular formula is C25H33N3O3S. The Kier molecular flexibility index (Phi) is 13.4. The van der Waals surface area contributed by atoms with E-state index in [1.54, 1.807) is 13.3 Å². The number of carbonyl (C=O) groups is 1. The number of nitrogens with zero attached hydrogens (tertiary/aromatic N) is 2. The lowest BCUT2D eigenvalue weighted by Crippen LogP contribution is -2.09. The molecule has 0 aliphatic rings. The number of pyridine rings is 1. The molecule has 6 nitrogen and oxygen atoms in total. The maximum absolute atomic E-state index is 11.7. The van der Waals surface area contributed by atoms with Crippen LogP contribution < -0.4 is 5.32 Å². The SMILES string of the molecule is C#C.C/C=C(\C/C=C\COC)N(C)/C=C\c1c(C=O)sc2nccc(NCCCCO)c12. The van der Waals surface area contributed by atoms with Gasteiger partial charge in [-0.2, -0.15) is 0 Å². The van der Waals surface area contributed by atoms with E-state index in [0.717, 1.165) is 59.3 Å². The lowest BCUT2D eigenvalue weighted by molar-refractivity contribution is 0.112. The van der Waals surface area contributed by atoms with E-state index in [1.807, 2.05) is 38.4 Å². The Hall–Kier alpha value is -2.92. The van der Waals surface area contributed by atoms with Crippen LogP contribution >= 0.6 is 11.3 Å². The summed E-state index contributed by atoms with van der Waals surface area (Å²) in [7, 11) is 3.67. The van der Waals surface area contributed by atoms with Crippen molar-refractivity contribution in [3.05, 3.63) is 52.8 Å². The molecular weight excluding hydrogens is 422 g/mol. The normalized spacial score (nSPS) is 11.6. The summed E-state index contributed by atoms with van der Waals surface area (Å²) < 4.78 is 5.04. The molecule has 2 heterocycles. The number of anilines is 1. The Labute approximate surface area is 195 Å². The number of thiophene rings is 1. The Morgan fingerprint density at radius 3 is 2.78 bits per heavy atom. The van der Waals surface area contributed by atoms with E-state index in [0.29, 0.717) is 11.5 Å². The molecule has 2 aromatic rings. The third-order valence-electron chi connectivity index (χ3n) is 4.67. The van der Waals surface area contributed by atoms with Crippen LogP contribution in [-0.4, -0.2) is 55.2 Å². The van der Waals surface area contributed by atoms with Crippen molar-refractivity contribution in [3.63, 3.8) is 0 Å². The molecule has 0 aromatic carbocycles. The largest absolute Gasteiger partial charge is 0.396 e. The minimum atomic E-state index is 0.190. The number of fused-ring (bicyclic) bond motifs is 1. The lowest BCUT2D eigenvalue weighted by atomic mass is 10.1. The summed E-state index contributed by atoms with van der Waals surface area (Å²) in [5.41, 5.74) is 2.98. The molecule has 7 heteroatoms. The van der Waals surface area contributed by atoms with Gasteiger partial charge >= 0.3 is 0 Å². The van der Waals surface area contributed by atoms with Crippen molar-refractivity contribution >= 4 is 39.6 Å². The second kappa shape index (κ2) is 15.8. The Bertz CT molecular complexity index is 945. The number of aromatic nitrogens is 1. The van der Waals surface area contributed by atoms with E-state index in [2.05, 4.69) is 40.2 Å². The van der Waals surface area contributed by atoms with E-state index in [-0.39, 0.29) is 6.61 Å². The highest BCUT2D eigenvalue weighted by Gasteiger charge is 2.14. The summed E-state index contributed by atoms with van der Waals surface area (Å²) in [6, 6.07) is 1.93. The van der Waals surface area contributed by atoms with Crippen LogP contribution in [0, 0.1) is 12.8 Å². The topological polar surface area (TPSA) is 74.7 Å². The number of rotatable bonds is 13. The van der Waals surface area contributed by atoms with E-state index in [1.165, 1.54) is 11.3 Å². The van der Waals surface area contributed by atoms with Crippen LogP contribution in [0.2, 0.25) is 0 Å². The molecule has 2 aromatic heterocycles. The molecule has 0 spiro atoms. The average Bonchev–Trinajstić information content (AvgIpc) is 3.20. The number of aliphatic hydroxyl groups is 1. The molecule has 0 atom stereocenters. The highest BCUT2D eigenvalue weighted by atomic mass is 32.1. The molecule has 2 N–H and O–H groups in total. The second-order valence-electron chi connectivity index (χ2n) is 6.73. The van der Waals surface area contributed by atoms with Gasteiger partial charge in [0.05, 0.1) is 11.5 Å². The van der Waals surface area contributed by atoms with Crippen LogP contribution in [0.15, 0.2) is 42.4 Å². The standard InChI is InChI=1S/C23H31N3O3S.C2H2/c1-4-18(9-5-8-16-29-3)26(2)14-11-19-21(17-28)30-23-22(19)20(10-13-25-23)24-12-6-7-15-27;1-2/h4-5,8,10-11,13-14,17,27H,6-7,9,12,15-16H2,1-3H3,(H,24,25);1-2H/b8-5-,14-11-,18-4+;. The maximum Gasteiger partial charge on any atom is 0.160 e. The third kappa shape index (κ3) is 7.97. The van der Waals surface area contributed by atoms with Crippen molar-refractivity contribution < 1.29 is 14.6 Å². The van der Waals surface area contributed by atoms with Gasteiger partial charge in [0.1, 0.15) is 4.83 Å². The van der Waals surface area contributed by atoms with Crippen molar-refractivity contribution in [2.24, 2.45) is 0 Å². The Morgan fingerprint density at radius 2 is 2.12 bits per heavy atom. The number of aldehydes is 1. The number of allylic oxidation sites excluding steroid dienone is 2. The first-order chi connectivity index (χ1) is 15.7. The molecule has 0 saturated carbocycles. The molecule has 0 unspecified atom stereocenters. The van der Waals surface area contributed by atoms with Crippen molar-refractivity contribution in [3.8, 4) is 12.8 Å². The van der Waals surface area contributed by atoms with Gasteiger partial charge in [-0.15, -0.1) is 24.2 Å². The van der Waals surface area contributed by atoms with Crippen LogP contribution in [0.4, 0.5) is 5.69 Å². The van der Waals surface area contributed by atoms with Gasteiger partial charge in [-0.1, -0.05) is 18.2 Å². The van der Waals surface area contributed by atoms with Crippen LogP contribution in [0.1, 0.15) is 41.4 Å². The van der Waals surface area contributed by atoms with Crippen molar-refractivity contribution in [2.75, 3.05) is 39.2 Å². The molecule has 0 aliphatic heterocycles. The van der Waals surface area contributed by atoms with E-state index >= 15 is 0 Å². The predicted molar refractivity (Wildman–Crippen MR) is 136 cm³/mol. The van der Waals surface area contributed by atoms with Crippen molar-refractivity contribution in [1.82, 2.24) is 9.88 Å². The number of carbonyl (C=O) groups excluding carboxylic acids is 1. The molecule has 172 valence electrons. The highest BCUT2D eigenvalue weighted by Crippen LogP contribution is 2.35. The zero-order chi connectivity index (χ0) is 23.8. The number of aliphatic hydroxyl groups excluding tert-OH is 1. The van der Waals surface area contributed by atoms with Crippen molar-refractivity contribution in [2.45, 2.75) is 26.2 Å². The van der Waals surface area contributed by atoms with Gasteiger partial charge in [0.25, 0.3) is 0 Å². The molecule has 0 aliphatic carbocycles. The number of terminal acetylenes is 1. The Morgan fingerprint density at radius 1 is 1.34 bits per heavy atom. The van der Waals surface area contributed by atoms with Gasteiger partial charge in [0.15, 0.2) is 6.29 Å². The predicted octanol–water partition coefficient (Wildman–Crippen LogP) is 4.94. The van der Waals surface area contributed by atoms with Gasteiger partial charge in [-0.25, -0.2) is 4.98 Å². The monoisotopic (exact) mass is 455 g/mol. The smallest absolute Gasteiger partial charge is 0.160 e. The summed E-state index contributed by atoms with van der Waals surface area (Å²) in [5, 5.41) is 13.4. The summed E-state index contributed by atoms with van der Waals surface area (Å²) in [4.78, 5) is 19.7. The molecule has 0 amide bonds. The number of ether oxygens (including phenoxy) is 1.